The van der Waals surface area contributed by atoms with Crippen LogP contribution in [0.1, 0.15) is 134 Å². The molecule has 17 aromatic rings. The maximum atomic E-state index is 14.8. The summed E-state index contributed by atoms with van der Waals surface area (Å²) in [5.41, 5.74) is 27.4. The van der Waals surface area contributed by atoms with Crippen molar-refractivity contribution < 1.29 is 30.3 Å². The molecule has 0 fully saturated rings. The third-order valence-electron chi connectivity index (χ3n) is 19.5. The highest BCUT2D eigenvalue weighted by Gasteiger charge is 2.26. The van der Waals surface area contributed by atoms with Gasteiger partial charge in [0.25, 0.3) is 19.1 Å². The van der Waals surface area contributed by atoms with Gasteiger partial charge < -0.3 is 27.3 Å². The Kier molecular flexibility index (Phi) is 26.5. The number of sulfonamides is 1. The number of aryl methyl sites for hydroxylation is 7. The molecule has 0 atom stereocenters. The monoisotopic (exact) mass is 1740 g/mol. The molecule has 10 heterocycles. The number of nitrogens with zero attached hydrogens (tertiary/aromatic N) is 15. The van der Waals surface area contributed by atoms with Crippen LogP contribution in [0.4, 0.5) is 37.9 Å². The molecule has 7 N–H and O–H groups in total. The van der Waals surface area contributed by atoms with Crippen LogP contribution < -0.4 is 31.6 Å². The van der Waals surface area contributed by atoms with E-state index in [1.807, 2.05) is 237 Å². The van der Waals surface area contributed by atoms with Gasteiger partial charge in [0.15, 0.2) is 6.20 Å². The van der Waals surface area contributed by atoms with Crippen LogP contribution in [-0.2, 0) is 29.9 Å². The zero-order chi connectivity index (χ0) is 90.6. The van der Waals surface area contributed by atoms with Gasteiger partial charge in [0.2, 0.25) is 5.52 Å². The van der Waals surface area contributed by atoms with Crippen LogP contribution in [0.2, 0.25) is 0 Å². The fourth-order valence-electron chi connectivity index (χ4n) is 14.1. The third-order valence-corrected chi connectivity index (χ3v) is 22.2. The Morgan fingerprint density at radius 3 is 1.15 bits per heavy atom. The lowest BCUT2D eigenvalue weighted by atomic mass is 9.87. The first kappa shape index (κ1) is 90.7. The van der Waals surface area contributed by atoms with Crippen molar-refractivity contribution in [1.29, 1.82) is 0 Å². The Balaban J connectivity index is 0.000000141. The highest BCUT2D eigenvalue weighted by molar-refractivity contribution is 8.13. The average molecular weight is 1740 g/mol. The van der Waals surface area contributed by atoms with Gasteiger partial charge in [0.05, 0.1) is 94.2 Å². The van der Waals surface area contributed by atoms with E-state index in [-0.39, 0.29) is 32.1 Å². The van der Waals surface area contributed by atoms with E-state index in [1.54, 1.807) is 34.6 Å². The lowest BCUT2D eigenvalue weighted by molar-refractivity contribution is -0.577. The predicted molar refractivity (Wildman–Crippen MR) is 498 cm³/mol. The van der Waals surface area contributed by atoms with Crippen LogP contribution >= 0.6 is 10.7 Å². The van der Waals surface area contributed by atoms with Crippen molar-refractivity contribution in [3.63, 3.8) is 0 Å². The van der Waals surface area contributed by atoms with E-state index < -0.39 is 36.1 Å². The lowest BCUT2D eigenvalue weighted by Crippen LogP contribution is -2.26. The van der Waals surface area contributed by atoms with Crippen molar-refractivity contribution in [2.45, 2.75) is 163 Å². The molecule has 646 valence electrons. The van der Waals surface area contributed by atoms with Gasteiger partial charge in [-0.05, 0) is 258 Å². The SMILES string of the molecule is CC(C)(C)c1ccc(S(=O)(=O)Cl)cc1F.Cc1cc(C)n(-c2cccc3c2ccc[n+]3[O-])n1.Cc1cc(C)n(-c2cccc3ncccc23)n1.Cc1cc(N)n(-c2cccc3nc(NC(C)(C)C)ccc23)n1.Cc1cc(N)n(-c2cccc3ncccc23)n1.Cc1cc(NS(=O)(=O)c2ccc(C(C)(C)C)c(F)c2)n(-c2cccc3nc(NC(C)(C)C)ccc23)n1. The molecule has 0 saturated carbocycles. The molecule has 0 aliphatic carbocycles. The molecule has 0 radical (unpaired) electrons. The summed E-state index contributed by atoms with van der Waals surface area (Å²) in [5, 5.41) is 45.8. The number of nitrogens with one attached hydrogen (secondary N) is 3. The van der Waals surface area contributed by atoms with Crippen LogP contribution in [0.15, 0.2) is 247 Å². The quantitative estimate of drug-likeness (QED) is 0.0456. The number of anilines is 5. The first-order chi connectivity index (χ1) is 58.8. The van der Waals surface area contributed by atoms with Gasteiger partial charge in [-0.2, -0.15) is 30.2 Å². The highest BCUT2D eigenvalue weighted by Crippen LogP contribution is 2.34. The van der Waals surface area contributed by atoms with E-state index in [2.05, 4.69) is 124 Å². The molecule has 7 aromatic carbocycles. The first-order valence-electron chi connectivity index (χ1n) is 40.3. The maximum absolute atomic E-state index is 14.8. The molecule has 0 bridgehead atoms. The van der Waals surface area contributed by atoms with Gasteiger partial charge in [0, 0.05) is 97.4 Å². The summed E-state index contributed by atoms with van der Waals surface area (Å²) in [6.07, 6.45) is 5.10. The summed E-state index contributed by atoms with van der Waals surface area (Å²) < 4.78 is 89.0. The summed E-state index contributed by atoms with van der Waals surface area (Å²) in [5.74, 6) is 2.00. The lowest BCUT2D eigenvalue weighted by Gasteiger charge is -2.21. The van der Waals surface area contributed by atoms with E-state index in [0.717, 1.165) is 134 Å². The normalized spacial score (nSPS) is 11.8. The maximum Gasteiger partial charge on any atom is 0.263 e. The molecule has 0 aliphatic rings. The number of rotatable bonds is 11. The summed E-state index contributed by atoms with van der Waals surface area (Å²) >= 11 is 0. The van der Waals surface area contributed by atoms with Crippen LogP contribution in [0.3, 0.4) is 0 Å². The zero-order valence-electron chi connectivity index (χ0n) is 73.4. The number of nitrogens with two attached hydrogens (primary N) is 2. The summed E-state index contributed by atoms with van der Waals surface area (Å²) in [6, 6.07) is 66.0. The topological polar surface area (TPSA) is 324 Å². The van der Waals surface area contributed by atoms with Crippen LogP contribution in [-0.4, -0.2) is 96.8 Å². The minimum atomic E-state index is -4.07. The van der Waals surface area contributed by atoms with Gasteiger partial charge in [-0.1, -0.05) is 84.0 Å². The summed E-state index contributed by atoms with van der Waals surface area (Å²) in [7, 11) is -2.82. The predicted octanol–water partition coefficient (Wildman–Crippen LogP) is 20.4. The van der Waals surface area contributed by atoms with Gasteiger partial charge in [-0.3, -0.25) is 14.7 Å². The third kappa shape index (κ3) is 21.9. The van der Waals surface area contributed by atoms with E-state index in [0.29, 0.717) is 39.7 Å². The van der Waals surface area contributed by atoms with E-state index >= 15 is 0 Å². The van der Waals surface area contributed by atoms with Crippen LogP contribution in [0, 0.1) is 65.3 Å². The summed E-state index contributed by atoms with van der Waals surface area (Å²) in [6.45, 7) is 37.4. The van der Waals surface area contributed by atoms with Gasteiger partial charge in [0.1, 0.15) is 40.7 Å². The molecule has 0 saturated heterocycles. The number of aromatic nitrogens is 15. The first-order valence-corrected chi connectivity index (χ1v) is 44.1. The second-order valence-corrected chi connectivity index (χ2v) is 38.6. The smallest absolute Gasteiger partial charge is 0.263 e. The highest BCUT2D eigenvalue weighted by atomic mass is 35.7. The van der Waals surface area contributed by atoms with Crippen molar-refractivity contribution in [3.8, 4) is 28.4 Å². The fraction of sp³-hybridized carbons (Fsp3) is 0.242. The number of hydrogen-bond donors (Lipinski definition) is 5. The van der Waals surface area contributed by atoms with E-state index in [4.69, 9.17) is 32.1 Å². The number of hydrogen-bond acceptors (Lipinski definition) is 18. The van der Waals surface area contributed by atoms with Gasteiger partial charge in [-0.15, -0.1) is 0 Å². The van der Waals surface area contributed by atoms with Crippen LogP contribution in [0.5, 0.6) is 0 Å². The van der Waals surface area contributed by atoms with Crippen molar-refractivity contribution in [2.75, 3.05) is 26.8 Å². The average Bonchev–Trinajstić information content (AvgIpc) is 1.72. The largest absolute Gasteiger partial charge is 0.618 e. The number of benzene rings is 7. The van der Waals surface area contributed by atoms with E-state index in [9.17, 15) is 30.8 Å². The zero-order valence-corrected chi connectivity index (χ0v) is 75.8. The molecule has 0 spiro atoms. The van der Waals surface area contributed by atoms with Crippen molar-refractivity contribution >= 4 is 113 Å². The Bertz CT molecular complexity index is 6940. The number of halogens is 3. The Morgan fingerprint density at radius 2 is 0.752 bits per heavy atom. The molecule has 17 rings (SSSR count). The Hall–Kier alpha value is -13.5. The van der Waals surface area contributed by atoms with Gasteiger partial charge in [-0.25, -0.2) is 59.0 Å². The molecule has 0 aliphatic heterocycles. The van der Waals surface area contributed by atoms with Crippen molar-refractivity contribution in [3.05, 3.63) is 305 Å². The van der Waals surface area contributed by atoms with E-state index in [1.165, 1.54) is 35.1 Å². The Labute approximate surface area is 731 Å². The molecular weight excluding hydrogens is 1640 g/mol. The van der Waals surface area contributed by atoms with Crippen LogP contribution in [0.25, 0.3) is 83.0 Å². The molecule has 30 heteroatoms. The second kappa shape index (κ2) is 36.5. The Morgan fingerprint density at radius 1 is 0.392 bits per heavy atom. The van der Waals surface area contributed by atoms with Crippen molar-refractivity contribution in [1.82, 2.24) is 68.8 Å². The number of nitrogen functional groups attached to an aromatic ring is 2. The molecule has 25 nitrogen and oxygen atoms in total. The standard InChI is InChI=1S/C27H32FN5O2S.C17H21N5.C14H13N3O.C14H13N3.C13H12N4.C10H12ClFO2S/c1-17-15-25(32-36(34,35)18-11-13-20(21(28)16-18)26(2,3)4)33(31-17)23-10-8-9-22-19(23)12-14-24(29-22)30-27(5,6)7;1-11-10-15(18)22(21-11)14-7-5-6-13-12(14)8-9-16(19-13)20-17(2,3)4;1-10-9-11(2)17(15-10)14-7-3-6-13-12(14)5-4-8-16(13)18;1-10-9-11(2)17(16-10)14-7-3-6-13-12(14)5-4-8-15-13;1-9-8-13(14)17(16-9)12-6-2-5-11-10(12)4-3-7-15-11;1-10(2,3)8-5-4-7(6-9(8)12)15(11,13)14/h8-16,32H,1-7H3,(H,29,30);5-10H,18H2,1-4H3,(H,19,20);3-9H,1-2H3;3-9H,1-2H3;2-8H,14H2,1H3;4-6H,1-3H3. The van der Waals surface area contributed by atoms with Gasteiger partial charge >= 0.3 is 0 Å². The second-order valence-electron chi connectivity index (χ2n) is 34.4. The summed E-state index contributed by atoms with van der Waals surface area (Å²) in [4.78, 5) is 17.7. The number of fused-ring (bicyclic) bond motifs is 5. The molecular formula is C95H103ClF2N20O5S2. The molecule has 0 amide bonds. The minimum Gasteiger partial charge on any atom is -0.618 e. The number of pyridine rings is 5. The molecule has 0 unspecified atom stereocenters. The molecule has 125 heavy (non-hydrogen) atoms. The fourth-order valence-corrected chi connectivity index (χ4v) is 15.9. The molecule has 10 aromatic heterocycles. The minimum absolute atomic E-state index is 0.0260. The van der Waals surface area contributed by atoms with Crippen molar-refractivity contribution in [2.24, 2.45) is 0 Å².